The Morgan fingerprint density at radius 1 is 1.08 bits per heavy atom. The zero-order valence-corrected chi connectivity index (χ0v) is 16.2. The Morgan fingerprint density at radius 3 is 2.60 bits per heavy atom. The van der Waals surface area contributed by atoms with E-state index < -0.39 is 5.67 Å². The largest absolute Gasteiger partial charge is 0.384 e. The minimum atomic E-state index is -0.942. The van der Waals surface area contributed by atoms with Gasteiger partial charge in [0.2, 0.25) is 0 Å². The van der Waals surface area contributed by atoms with Gasteiger partial charge in [0.25, 0.3) is 0 Å². The molecule has 2 nitrogen and oxygen atoms in total. The molecule has 0 radical (unpaired) electrons. The van der Waals surface area contributed by atoms with E-state index in [1.54, 1.807) is 14.0 Å². The van der Waals surface area contributed by atoms with Gasteiger partial charge in [0.1, 0.15) is 11.5 Å². The lowest BCUT2D eigenvalue weighted by molar-refractivity contribution is -0.147. The molecular formula is C22H35FO2. The fourth-order valence-corrected chi connectivity index (χ4v) is 7.93. The van der Waals surface area contributed by atoms with Gasteiger partial charge in [-0.2, -0.15) is 0 Å². The zero-order valence-electron chi connectivity index (χ0n) is 16.2. The number of ketones is 1. The van der Waals surface area contributed by atoms with Crippen molar-refractivity contribution in [3.63, 3.8) is 0 Å². The van der Waals surface area contributed by atoms with E-state index in [1.165, 1.54) is 6.42 Å². The molecule has 4 saturated carbocycles. The van der Waals surface area contributed by atoms with Gasteiger partial charge in [0.15, 0.2) is 0 Å². The van der Waals surface area contributed by atoms with Gasteiger partial charge in [-0.3, -0.25) is 4.79 Å². The maximum Gasteiger partial charge on any atom is 0.133 e. The maximum atomic E-state index is 16.3. The molecule has 142 valence electrons. The van der Waals surface area contributed by atoms with Crippen LogP contribution in [0.3, 0.4) is 0 Å². The van der Waals surface area contributed by atoms with E-state index in [2.05, 4.69) is 6.92 Å². The van der Waals surface area contributed by atoms with E-state index in [0.717, 1.165) is 58.0 Å². The van der Waals surface area contributed by atoms with Crippen molar-refractivity contribution in [3.8, 4) is 0 Å². The number of hydrogen-bond acceptors (Lipinski definition) is 2. The average Bonchev–Trinajstić information content (AvgIpc) is 2.93. The third-order valence-electron chi connectivity index (χ3n) is 9.03. The van der Waals surface area contributed by atoms with Crippen molar-refractivity contribution in [3.05, 3.63) is 0 Å². The van der Waals surface area contributed by atoms with E-state index in [-0.39, 0.29) is 23.2 Å². The molecule has 0 aliphatic heterocycles. The first-order valence-electron chi connectivity index (χ1n) is 10.6. The van der Waals surface area contributed by atoms with Crippen molar-refractivity contribution in [1.82, 2.24) is 0 Å². The highest BCUT2D eigenvalue weighted by Gasteiger charge is 2.62. The smallest absolute Gasteiger partial charge is 0.133 e. The Labute approximate surface area is 152 Å². The van der Waals surface area contributed by atoms with E-state index in [4.69, 9.17) is 4.74 Å². The molecular weight excluding hydrogens is 315 g/mol. The molecule has 8 atom stereocenters. The average molecular weight is 351 g/mol. The third kappa shape index (κ3) is 2.63. The van der Waals surface area contributed by atoms with Crippen molar-refractivity contribution < 1.29 is 13.9 Å². The molecule has 4 fully saturated rings. The molecule has 3 heteroatoms. The van der Waals surface area contributed by atoms with Gasteiger partial charge in [-0.25, -0.2) is 4.39 Å². The van der Waals surface area contributed by atoms with Crippen LogP contribution in [0.15, 0.2) is 0 Å². The molecule has 0 saturated heterocycles. The van der Waals surface area contributed by atoms with Gasteiger partial charge in [-0.15, -0.1) is 0 Å². The number of halogens is 1. The predicted octanol–water partition coefficient (Wildman–Crippen LogP) is 5.20. The lowest BCUT2D eigenvalue weighted by Crippen LogP contribution is -2.57. The maximum absolute atomic E-state index is 16.3. The Kier molecular flexibility index (Phi) is 4.54. The number of rotatable bonds is 3. The van der Waals surface area contributed by atoms with Gasteiger partial charge in [-0.05, 0) is 99.7 Å². The first-order chi connectivity index (χ1) is 11.9. The number of Topliss-reactive ketones (excluding diaryl/α,β-unsaturated/α-hetero) is 1. The summed E-state index contributed by atoms with van der Waals surface area (Å²) in [7, 11) is 1.77. The van der Waals surface area contributed by atoms with E-state index >= 15 is 4.39 Å². The Bertz CT molecular complexity index is 534. The van der Waals surface area contributed by atoms with Crippen molar-refractivity contribution in [2.45, 2.75) is 77.3 Å². The zero-order chi connectivity index (χ0) is 17.8. The summed E-state index contributed by atoms with van der Waals surface area (Å²) in [6.45, 7) is 4.91. The van der Waals surface area contributed by atoms with Crippen molar-refractivity contribution in [2.24, 2.45) is 40.9 Å². The monoisotopic (exact) mass is 350 g/mol. The van der Waals surface area contributed by atoms with Crippen molar-refractivity contribution in [2.75, 3.05) is 13.7 Å². The second-order valence-corrected chi connectivity index (χ2v) is 9.96. The summed E-state index contributed by atoms with van der Waals surface area (Å²) in [5, 5.41) is 0. The minimum Gasteiger partial charge on any atom is -0.384 e. The highest BCUT2D eigenvalue weighted by atomic mass is 19.1. The summed E-state index contributed by atoms with van der Waals surface area (Å²) in [4.78, 5) is 12.2. The predicted molar refractivity (Wildman–Crippen MR) is 97.0 cm³/mol. The molecule has 0 heterocycles. The standard InChI is InChI=1S/C22H35FO2/c1-14(24)18-6-7-19-17-5-4-16-12-15(13-25-3)8-11-22(16,23)20(17)9-10-21(18,19)2/h15-20H,4-13H2,1-3H3/t15-,16+,17-,18+,19?,20?,21+,22+/m0/s1. The summed E-state index contributed by atoms with van der Waals surface area (Å²) < 4.78 is 21.6. The van der Waals surface area contributed by atoms with Crippen LogP contribution in [0.2, 0.25) is 0 Å². The molecule has 0 spiro atoms. The van der Waals surface area contributed by atoms with Crippen LogP contribution < -0.4 is 0 Å². The van der Waals surface area contributed by atoms with Gasteiger partial charge in [-0.1, -0.05) is 6.92 Å². The van der Waals surface area contributed by atoms with Crippen LogP contribution in [0.5, 0.6) is 0 Å². The number of carbonyl (C=O) groups excluding carboxylic acids is 1. The fraction of sp³-hybridized carbons (Fsp3) is 0.955. The molecule has 0 aromatic rings. The van der Waals surface area contributed by atoms with Crippen molar-refractivity contribution >= 4 is 5.78 Å². The van der Waals surface area contributed by atoms with Crippen LogP contribution in [0.4, 0.5) is 4.39 Å². The molecule has 4 aliphatic carbocycles. The molecule has 0 aromatic heterocycles. The SMILES string of the molecule is COC[C@H]1CC[C@]2(F)C3CC[C@@]4(C)C(CC[C@@H]4C(C)=O)[C@@H]3CC[C@@H]2C1. The molecule has 0 amide bonds. The lowest BCUT2D eigenvalue weighted by Gasteiger charge is -2.58. The summed E-state index contributed by atoms with van der Waals surface area (Å²) in [5.74, 6) is 2.73. The van der Waals surface area contributed by atoms with Gasteiger partial charge < -0.3 is 4.74 Å². The first kappa shape index (κ1) is 17.9. The third-order valence-corrected chi connectivity index (χ3v) is 9.03. The van der Waals surface area contributed by atoms with E-state index in [1.807, 2.05) is 0 Å². The quantitative estimate of drug-likeness (QED) is 0.699. The van der Waals surface area contributed by atoms with Crippen LogP contribution >= 0.6 is 0 Å². The highest BCUT2D eigenvalue weighted by molar-refractivity contribution is 5.79. The normalized spacial score (nSPS) is 52.2. The number of fused-ring (bicyclic) bond motifs is 5. The van der Waals surface area contributed by atoms with Crippen LogP contribution in [-0.4, -0.2) is 25.2 Å². The van der Waals surface area contributed by atoms with Crippen LogP contribution in [-0.2, 0) is 9.53 Å². The molecule has 4 aliphatic rings. The van der Waals surface area contributed by atoms with Gasteiger partial charge >= 0.3 is 0 Å². The number of carbonyl (C=O) groups is 1. The summed E-state index contributed by atoms with van der Waals surface area (Å²) >= 11 is 0. The van der Waals surface area contributed by atoms with Crippen LogP contribution in [0.1, 0.15) is 71.6 Å². The minimum absolute atomic E-state index is 0.142. The lowest BCUT2D eigenvalue weighted by atomic mass is 9.48. The Morgan fingerprint density at radius 2 is 1.88 bits per heavy atom. The molecule has 25 heavy (non-hydrogen) atoms. The van der Waals surface area contributed by atoms with Crippen LogP contribution in [0, 0.1) is 40.9 Å². The number of ether oxygens (including phenoxy) is 1. The topological polar surface area (TPSA) is 26.3 Å². The summed E-state index contributed by atoms with van der Waals surface area (Å²) in [6, 6.07) is 0. The second kappa shape index (κ2) is 6.32. The van der Waals surface area contributed by atoms with E-state index in [9.17, 15) is 4.79 Å². The Hall–Kier alpha value is -0.440. The number of hydrogen-bond donors (Lipinski definition) is 0. The van der Waals surface area contributed by atoms with Crippen molar-refractivity contribution in [1.29, 1.82) is 0 Å². The van der Waals surface area contributed by atoms with Gasteiger partial charge in [0.05, 0.1) is 0 Å². The molecule has 0 bridgehead atoms. The van der Waals surface area contributed by atoms with Gasteiger partial charge in [0, 0.05) is 19.6 Å². The summed E-state index contributed by atoms with van der Waals surface area (Å²) in [5.41, 5.74) is -0.799. The van der Waals surface area contributed by atoms with Crippen LogP contribution in [0.25, 0.3) is 0 Å². The number of alkyl halides is 1. The second-order valence-electron chi connectivity index (χ2n) is 9.96. The molecule has 4 rings (SSSR count). The van der Waals surface area contributed by atoms with E-state index in [0.29, 0.717) is 23.5 Å². The number of methoxy groups -OCH3 is 1. The molecule has 2 unspecified atom stereocenters. The summed E-state index contributed by atoms with van der Waals surface area (Å²) in [6.07, 6.45) is 9.24. The fourth-order valence-electron chi connectivity index (χ4n) is 7.93. The Balaban J connectivity index is 1.55. The first-order valence-corrected chi connectivity index (χ1v) is 10.6. The molecule has 0 aromatic carbocycles. The molecule has 0 N–H and O–H groups in total. The highest BCUT2D eigenvalue weighted by Crippen LogP contribution is 2.66.